The molecule has 3 aromatic carbocycles. The summed E-state index contributed by atoms with van der Waals surface area (Å²) >= 11 is 0. The molecule has 0 radical (unpaired) electrons. The predicted octanol–water partition coefficient (Wildman–Crippen LogP) is 5.83. The van der Waals surface area contributed by atoms with Gasteiger partial charge in [-0.15, -0.1) is 0 Å². The first-order valence-electron chi connectivity index (χ1n) is 13.8. The summed E-state index contributed by atoms with van der Waals surface area (Å²) in [6, 6.07) is 16.7. The number of hydrogen-bond donors (Lipinski definition) is 0. The topological polar surface area (TPSA) is 66.5 Å². The van der Waals surface area contributed by atoms with E-state index in [4.69, 9.17) is 23.7 Å². The SMILES string of the molecule is CCOC(=O)c1ccc(CCCC2c3ccc(OC)c(OC)c3CN3CCc4cc5c(cc4C23)OCO5)cc1. The molecule has 3 heterocycles. The smallest absolute Gasteiger partial charge is 0.338 e. The second kappa shape index (κ2) is 10.8. The van der Waals surface area contributed by atoms with Gasteiger partial charge in [-0.25, -0.2) is 4.79 Å². The second-order valence-electron chi connectivity index (χ2n) is 10.4. The maximum atomic E-state index is 12.0. The fourth-order valence-electron chi connectivity index (χ4n) is 6.49. The molecule has 0 saturated carbocycles. The summed E-state index contributed by atoms with van der Waals surface area (Å²) < 4.78 is 28.1. The quantitative estimate of drug-likeness (QED) is 0.340. The van der Waals surface area contributed by atoms with Crippen LogP contribution >= 0.6 is 0 Å². The summed E-state index contributed by atoms with van der Waals surface area (Å²) in [6.07, 6.45) is 3.94. The molecule has 0 bridgehead atoms. The molecular formula is C32H35NO6. The molecule has 0 spiro atoms. The van der Waals surface area contributed by atoms with Gasteiger partial charge in [0.2, 0.25) is 6.79 Å². The number of aryl methyl sites for hydroxylation is 1. The maximum Gasteiger partial charge on any atom is 0.338 e. The minimum absolute atomic E-state index is 0.250. The van der Waals surface area contributed by atoms with Gasteiger partial charge in [-0.2, -0.15) is 0 Å². The summed E-state index contributed by atoms with van der Waals surface area (Å²) in [5, 5.41) is 0. The van der Waals surface area contributed by atoms with Crippen molar-refractivity contribution >= 4 is 5.97 Å². The van der Waals surface area contributed by atoms with E-state index in [1.807, 2.05) is 37.3 Å². The van der Waals surface area contributed by atoms with Crippen LogP contribution in [0.15, 0.2) is 48.5 Å². The molecule has 39 heavy (non-hydrogen) atoms. The van der Waals surface area contributed by atoms with Crippen LogP contribution in [0.1, 0.15) is 69.9 Å². The van der Waals surface area contributed by atoms with Crippen molar-refractivity contribution in [3.63, 3.8) is 0 Å². The fourth-order valence-corrected chi connectivity index (χ4v) is 6.49. The Labute approximate surface area is 229 Å². The summed E-state index contributed by atoms with van der Waals surface area (Å²) in [5.74, 6) is 3.32. The molecule has 0 N–H and O–H groups in total. The number of hydrogen-bond acceptors (Lipinski definition) is 7. The van der Waals surface area contributed by atoms with Crippen LogP contribution in [0.4, 0.5) is 0 Å². The molecule has 0 aromatic heterocycles. The lowest BCUT2D eigenvalue weighted by Crippen LogP contribution is -2.42. The highest BCUT2D eigenvalue weighted by molar-refractivity contribution is 5.89. The molecule has 204 valence electrons. The van der Waals surface area contributed by atoms with Gasteiger partial charge in [0.15, 0.2) is 23.0 Å². The van der Waals surface area contributed by atoms with Crippen molar-refractivity contribution < 1.29 is 28.5 Å². The van der Waals surface area contributed by atoms with Gasteiger partial charge >= 0.3 is 5.97 Å². The molecule has 0 amide bonds. The average molecular weight is 530 g/mol. The van der Waals surface area contributed by atoms with Crippen molar-refractivity contribution in [1.82, 2.24) is 4.90 Å². The van der Waals surface area contributed by atoms with E-state index < -0.39 is 0 Å². The van der Waals surface area contributed by atoms with E-state index in [-0.39, 0.29) is 24.7 Å². The van der Waals surface area contributed by atoms with Crippen LogP contribution in [0.25, 0.3) is 0 Å². The third kappa shape index (κ3) is 4.69. The minimum atomic E-state index is -0.274. The molecular weight excluding hydrogens is 494 g/mol. The summed E-state index contributed by atoms with van der Waals surface area (Å²) in [6.45, 7) is 4.28. The molecule has 7 nitrogen and oxygen atoms in total. The highest BCUT2D eigenvalue weighted by atomic mass is 16.7. The van der Waals surface area contributed by atoms with Gasteiger partial charge in [-0.05, 0) is 85.2 Å². The van der Waals surface area contributed by atoms with Gasteiger partial charge in [0.1, 0.15) is 0 Å². The zero-order valence-electron chi connectivity index (χ0n) is 22.8. The van der Waals surface area contributed by atoms with Crippen LogP contribution in [-0.4, -0.2) is 45.0 Å². The van der Waals surface area contributed by atoms with Crippen LogP contribution in [0.5, 0.6) is 23.0 Å². The number of methoxy groups -OCH3 is 2. The molecule has 3 aliphatic heterocycles. The Hall–Kier alpha value is -3.71. The average Bonchev–Trinajstić information content (AvgIpc) is 3.42. The van der Waals surface area contributed by atoms with Crippen molar-refractivity contribution in [2.24, 2.45) is 0 Å². The number of carbonyl (C=O) groups excluding carboxylic acids is 1. The van der Waals surface area contributed by atoms with Crippen LogP contribution in [-0.2, 0) is 24.1 Å². The number of carbonyl (C=O) groups is 1. The monoisotopic (exact) mass is 529 g/mol. The van der Waals surface area contributed by atoms with E-state index in [1.54, 1.807) is 14.2 Å². The van der Waals surface area contributed by atoms with E-state index in [2.05, 4.69) is 23.1 Å². The molecule has 0 fully saturated rings. The summed E-state index contributed by atoms with van der Waals surface area (Å²) in [4.78, 5) is 14.6. The van der Waals surface area contributed by atoms with Crippen LogP contribution in [0.2, 0.25) is 0 Å². The lowest BCUT2D eigenvalue weighted by Gasteiger charge is -2.46. The van der Waals surface area contributed by atoms with Gasteiger partial charge < -0.3 is 23.7 Å². The molecule has 3 aliphatic rings. The Morgan fingerprint density at radius 1 is 1.00 bits per heavy atom. The highest BCUT2D eigenvalue weighted by Crippen LogP contribution is 2.53. The Morgan fingerprint density at radius 3 is 2.54 bits per heavy atom. The molecule has 0 aliphatic carbocycles. The van der Waals surface area contributed by atoms with Crippen molar-refractivity contribution in [2.45, 2.75) is 51.1 Å². The van der Waals surface area contributed by atoms with Crippen LogP contribution < -0.4 is 18.9 Å². The summed E-state index contributed by atoms with van der Waals surface area (Å²) in [5.41, 5.74) is 7.06. The van der Waals surface area contributed by atoms with Gasteiger partial charge in [-0.3, -0.25) is 4.90 Å². The van der Waals surface area contributed by atoms with Crippen LogP contribution in [0.3, 0.4) is 0 Å². The van der Waals surface area contributed by atoms with E-state index in [9.17, 15) is 4.79 Å². The van der Waals surface area contributed by atoms with Gasteiger partial charge in [-0.1, -0.05) is 18.2 Å². The third-order valence-corrected chi connectivity index (χ3v) is 8.29. The second-order valence-corrected chi connectivity index (χ2v) is 10.4. The Bertz CT molecular complexity index is 1370. The normalized spacial score (nSPS) is 19.1. The van der Waals surface area contributed by atoms with Gasteiger partial charge in [0.25, 0.3) is 0 Å². The molecule has 2 atom stereocenters. The van der Waals surface area contributed by atoms with Crippen LogP contribution in [0, 0.1) is 0 Å². The largest absolute Gasteiger partial charge is 0.493 e. The first kappa shape index (κ1) is 25.6. The number of benzene rings is 3. The molecule has 2 unspecified atom stereocenters. The highest BCUT2D eigenvalue weighted by Gasteiger charge is 2.41. The van der Waals surface area contributed by atoms with Gasteiger partial charge in [0.05, 0.1) is 26.4 Å². The maximum absolute atomic E-state index is 12.0. The molecule has 3 aromatic rings. The van der Waals surface area contributed by atoms with Crippen molar-refractivity contribution in [2.75, 3.05) is 34.2 Å². The minimum Gasteiger partial charge on any atom is -0.493 e. The Kier molecular flexibility index (Phi) is 7.09. The number of esters is 1. The predicted molar refractivity (Wildman–Crippen MR) is 147 cm³/mol. The fraction of sp³-hybridized carbons (Fsp3) is 0.406. The summed E-state index contributed by atoms with van der Waals surface area (Å²) in [7, 11) is 3.42. The Morgan fingerprint density at radius 2 is 1.79 bits per heavy atom. The van der Waals surface area contributed by atoms with Crippen molar-refractivity contribution in [1.29, 1.82) is 0 Å². The third-order valence-electron chi connectivity index (χ3n) is 8.29. The van der Waals surface area contributed by atoms with Crippen molar-refractivity contribution in [3.05, 3.63) is 81.9 Å². The van der Waals surface area contributed by atoms with E-state index in [0.29, 0.717) is 12.2 Å². The first-order chi connectivity index (χ1) is 19.1. The van der Waals surface area contributed by atoms with E-state index in [1.165, 1.54) is 27.8 Å². The first-order valence-corrected chi connectivity index (χ1v) is 13.8. The molecule has 0 saturated heterocycles. The number of rotatable bonds is 8. The zero-order chi connectivity index (χ0) is 26.9. The van der Waals surface area contributed by atoms with E-state index >= 15 is 0 Å². The lowest BCUT2D eigenvalue weighted by atomic mass is 9.74. The standard InChI is InChI=1S/C32H35NO6/c1-4-37-32(34)21-10-8-20(9-11-21)6-5-7-24-23-12-13-27(35-2)31(36-3)26(23)18-33-15-14-22-16-28-29(39-19-38-28)17-25(22)30(24)33/h8-13,16-17,24,30H,4-7,14-15,18-19H2,1-3H3. The molecule has 6 rings (SSSR count). The number of nitrogens with zero attached hydrogens (tertiary/aromatic N) is 1. The van der Waals surface area contributed by atoms with Gasteiger partial charge in [0, 0.05) is 30.6 Å². The van der Waals surface area contributed by atoms with Crippen molar-refractivity contribution in [3.8, 4) is 23.0 Å². The Balaban J connectivity index is 1.31. The number of ether oxygens (including phenoxy) is 5. The lowest BCUT2D eigenvalue weighted by molar-refractivity contribution is 0.0526. The van der Waals surface area contributed by atoms with E-state index in [0.717, 1.165) is 61.8 Å². The molecule has 7 heteroatoms. The zero-order valence-corrected chi connectivity index (χ0v) is 22.8. The number of fused-ring (bicyclic) bond motifs is 5.